The summed E-state index contributed by atoms with van der Waals surface area (Å²) in [6.45, 7) is 7.25. The van der Waals surface area contributed by atoms with Crippen molar-refractivity contribution >= 4 is 12.0 Å². The number of nitrogens with one attached hydrogen (secondary N) is 2. The van der Waals surface area contributed by atoms with Crippen LogP contribution in [0.25, 0.3) is 0 Å². The van der Waals surface area contributed by atoms with E-state index in [0.29, 0.717) is 31.0 Å². The highest BCUT2D eigenvalue weighted by Gasteiger charge is 2.28. The molecule has 1 saturated heterocycles. The van der Waals surface area contributed by atoms with Gasteiger partial charge in [0.2, 0.25) is 0 Å². The van der Waals surface area contributed by atoms with E-state index in [0.717, 1.165) is 13.1 Å². The minimum Gasteiger partial charge on any atom is -0.456 e. The largest absolute Gasteiger partial charge is 0.456 e. The van der Waals surface area contributed by atoms with Crippen LogP contribution in [0.5, 0.6) is 0 Å². The maximum absolute atomic E-state index is 11.8. The van der Waals surface area contributed by atoms with Crippen LogP contribution in [-0.2, 0) is 14.3 Å². The summed E-state index contributed by atoms with van der Waals surface area (Å²) in [6, 6.07) is -0.274. The van der Waals surface area contributed by atoms with E-state index in [9.17, 15) is 9.59 Å². The second-order valence-corrected chi connectivity index (χ2v) is 5.17. The smallest absolute Gasteiger partial charge is 0.337 e. The van der Waals surface area contributed by atoms with Crippen LogP contribution in [0.4, 0.5) is 4.79 Å². The molecule has 0 saturated carbocycles. The number of rotatable bonds is 4. The van der Waals surface area contributed by atoms with Gasteiger partial charge in [-0.25, -0.2) is 9.59 Å². The van der Waals surface area contributed by atoms with Crippen molar-refractivity contribution in [3.05, 3.63) is 11.3 Å². The molecule has 2 N–H and O–H groups in total. The van der Waals surface area contributed by atoms with Gasteiger partial charge >= 0.3 is 12.0 Å². The molecular weight excluding hydrogens is 262 g/mol. The number of amides is 2. The molecule has 2 aliphatic rings. The van der Waals surface area contributed by atoms with Gasteiger partial charge in [-0.2, -0.15) is 0 Å². The predicted molar refractivity (Wildman–Crippen MR) is 72.0 cm³/mol. The molecule has 0 aliphatic carbocycles. The average molecular weight is 283 g/mol. The summed E-state index contributed by atoms with van der Waals surface area (Å²) in [5, 5.41) is 5.43. The fourth-order valence-electron chi connectivity index (χ4n) is 2.12. The molecule has 0 atom stereocenters. The van der Waals surface area contributed by atoms with Crippen molar-refractivity contribution in [2.45, 2.75) is 19.9 Å². The lowest BCUT2D eigenvalue weighted by atomic mass is 10.2. The van der Waals surface area contributed by atoms with Gasteiger partial charge in [-0.1, -0.05) is 0 Å². The minimum absolute atomic E-state index is 0.0383. The quantitative estimate of drug-likeness (QED) is 0.701. The van der Waals surface area contributed by atoms with Crippen LogP contribution < -0.4 is 10.6 Å². The number of cyclic esters (lactones) is 1. The van der Waals surface area contributed by atoms with Crippen molar-refractivity contribution in [1.82, 2.24) is 15.5 Å². The molecule has 2 aliphatic heterocycles. The van der Waals surface area contributed by atoms with Crippen molar-refractivity contribution in [3.8, 4) is 0 Å². The zero-order valence-corrected chi connectivity index (χ0v) is 11.9. The molecule has 112 valence electrons. The molecule has 0 aromatic rings. The molecule has 0 radical (unpaired) electrons. The highest BCUT2D eigenvalue weighted by atomic mass is 16.5. The Hall–Kier alpha value is -1.60. The summed E-state index contributed by atoms with van der Waals surface area (Å²) in [5.74, 6) is -0.351. The van der Waals surface area contributed by atoms with Crippen LogP contribution in [0.15, 0.2) is 11.3 Å². The number of esters is 1. The van der Waals surface area contributed by atoms with Gasteiger partial charge in [0.05, 0.1) is 24.5 Å². The predicted octanol–water partition coefficient (Wildman–Crippen LogP) is -0.163. The van der Waals surface area contributed by atoms with Gasteiger partial charge in [-0.05, 0) is 13.8 Å². The monoisotopic (exact) mass is 283 g/mol. The van der Waals surface area contributed by atoms with Crippen molar-refractivity contribution in [2.75, 3.05) is 39.5 Å². The standard InChI is InChI=1S/C13H21N3O4/c1-9(2)14-13(18)15-11-8-20-12(17)10(11)7-16-3-5-19-6-4-16/h9H,3-8H2,1-2H3,(H2,14,15,18). The number of urea groups is 1. The lowest BCUT2D eigenvalue weighted by Gasteiger charge is -2.26. The van der Waals surface area contributed by atoms with E-state index in [2.05, 4.69) is 15.5 Å². The zero-order chi connectivity index (χ0) is 14.5. The molecule has 0 unspecified atom stereocenters. The second kappa shape index (κ2) is 6.71. The summed E-state index contributed by atoms with van der Waals surface area (Å²) in [5.41, 5.74) is 1.09. The Bertz CT molecular complexity index is 414. The van der Waals surface area contributed by atoms with Crippen LogP contribution in [-0.4, -0.2) is 62.4 Å². The molecule has 0 bridgehead atoms. The van der Waals surface area contributed by atoms with Crippen molar-refractivity contribution in [1.29, 1.82) is 0 Å². The van der Waals surface area contributed by atoms with E-state index >= 15 is 0 Å². The van der Waals surface area contributed by atoms with Gasteiger partial charge in [0, 0.05) is 25.7 Å². The Morgan fingerprint density at radius 1 is 1.35 bits per heavy atom. The molecule has 0 aromatic carbocycles. The number of carbonyl (C=O) groups is 2. The molecule has 7 heteroatoms. The average Bonchev–Trinajstić information content (AvgIpc) is 2.72. The van der Waals surface area contributed by atoms with Gasteiger partial charge in [0.25, 0.3) is 0 Å². The normalized spacial score (nSPS) is 20.2. The van der Waals surface area contributed by atoms with Gasteiger partial charge < -0.3 is 20.1 Å². The summed E-state index contributed by atoms with van der Waals surface area (Å²) in [6.07, 6.45) is 0. The third-order valence-electron chi connectivity index (χ3n) is 3.13. The molecular formula is C13H21N3O4. The summed E-state index contributed by atoms with van der Waals surface area (Å²) in [4.78, 5) is 25.6. The SMILES string of the molecule is CC(C)NC(=O)NC1=C(CN2CCOCC2)C(=O)OC1. The first kappa shape index (κ1) is 14.8. The van der Waals surface area contributed by atoms with Crippen LogP contribution in [0.2, 0.25) is 0 Å². The topological polar surface area (TPSA) is 79.9 Å². The number of carbonyl (C=O) groups excluding carboxylic acids is 2. The van der Waals surface area contributed by atoms with E-state index in [-0.39, 0.29) is 24.6 Å². The minimum atomic E-state index is -0.351. The Balaban J connectivity index is 1.98. The summed E-state index contributed by atoms with van der Waals surface area (Å²) >= 11 is 0. The Morgan fingerprint density at radius 3 is 2.70 bits per heavy atom. The maximum Gasteiger partial charge on any atom is 0.337 e. The molecule has 2 amide bonds. The third kappa shape index (κ3) is 3.94. The maximum atomic E-state index is 11.8. The summed E-state index contributed by atoms with van der Waals surface area (Å²) < 4.78 is 10.3. The molecule has 2 heterocycles. The lowest BCUT2D eigenvalue weighted by molar-refractivity contribution is -0.136. The van der Waals surface area contributed by atoms with Crippen molar-refractivity contribution < 1.29 is 19.1 Å². The zero-order valence-electron chi connectivity index (χ0n) is 11.9. The first-order chi connectivity index (χ1) is 9.56. The fourth-order valence-corrected chi connectivity index (χ4v) is 2.12. The van der Waals surface area contributed by atoms with E-state index < -0.39 is 0 Å². The molecule has 0 spiro atoms. The molecule has 1 fully saturated rings. The van der Waals surface area contributed by atoms with E-state index in [1.165, 1.54) is 0 Å². The third-order valence-corrected chi connectivity index (χ3v) is 3.13. The fraction of sp³-hybridized carbons (Fsp3) is 0.692. The Morgan fingerprint density at radius 2 is 2.05 bits per heavy atom. The number of morpholine rings is 1. The van der Waals surface area contributed by atoms with Crippen molar-refractivity contribution in [3.63, 3.8) is 0 Å². The molecule has 0 aromatic heterocycles. The molecule has 2 rings (SSSR count). The highest BCUT2D eigenvalue weighted by Crippen LogP contribution is 2.15. The number of nitrogens with zero attached hydrogens (tertiary/aromatic N) is 1. The van der Waals surface area contributed by atoms with Crippen LogP contribution in [0, 0.1) is 0 Å². The Labute approximate surface area is 118 Å². The van der Waals surface area contributed by atoms with Crippen LogP contribution in [0.3, 0.4) is 0 Å². The second-order valence-electron chi connectivity index (χ2n) is 5.17. The van der Waals surface area contributed by atoms with Crippen LogP contribution >= 0.6 is 0 Å². The first-order valence-corrected chi connectivity index (χ1v) is 6.83. The number of ether oxygens (including phenoxy) is 2. The van der Waals surface area contributed by atoms with E-state index in [4.69, 9.17) is 9.47 Å². The lowest BCUT2D eigenvalue weighted by Crippen LogP contribution is -2.41. The van der Waals surface area contributed by atoms with E-state index in [1.54, 1.807) is 0 Å². The first-order valence-electron chi connectivity index (χ1n) is 6.83. The number of hydrogen-bond acceptors (Lipinski definition) is 5. The van der Waals surface area contributed by atoms with Gasteiger partial charge in [0.1, 0.15) is 6.61 Å². The van der Waals surface area contributed by atoms with Crippen molar-refractivity contribution in [2.24, 2.45) is 0 Å². The highest BCUT2D eigenvalue weighted by molar-refractivity contribution is 5.93. The van der Waals surface area contributed by atoms with Crippen LogP contribution in [0.1, 0.15) is 13.8 Å². The Kier molecular flexibility index (Phi) is 4.97. The van der Waals surface area contributed by atoms with Gasteiger partial charge in [-0.15, -0.1) is 0 Å². The van der Waals surface area contributed by atoms with Gasteiger partial charge in [-0.3, -0.25) is 4.90 Å². The number of hydrogen-bond donors (Lipinski definition) is 2. The van der Waals surface area contributed by atoms with Gasteiger partial charge in [0.15, 0.2) is 0 Å². The molecule has 7 nitrogen and oxygen atoms in total. The van der Waals surface area contributed by atoms with E-state index in [1.807, 2.05) is 13.8 Å². The summed E-state index contributed by atoms with van der Waals surface area (Å²) in [7, 11) is 0. The molecule has 20 heavy (non-hydrogen) atoms.